The molecule has 1 fully saturated rings. The van der Waals surface area contributed by atoms with Crippen molar-refractivity contribution in [2.45, 2.75) is 67.3 Å². The normalized spacial score (nSPS) is 18.1. The lowest BCUT2D eigenvalue weighted by atomic mass is 9.73. The molecule has 1 saturated heterocycles. The highest BCUT2D eigenvalue weighted by atomic mass is 35.5. The largest absolute Gasteiger partial charge is 0.598 e. The van der Waals surface area contributed by atoms with Crippen LogP contribution in [0.4, 0.5) is 5.82 Å². The zero-order valence-corrected chi connectivity index (χ0v) is 29.0. The van der Waals surface area contributed by atoms with Gasteiger partial charge in [0.1, 0.15) is 15.6 Å². The van der Waals surface area contributed by atoms with Gasteiger partial charge in [-0.3, -0.25) is 9.36 Å². The zero-order valence-electron chi connectivity index (χ0n) is 26.6. The van der Waals surface area contributed by atoms with Crippen LogP contribution in [0.25, 0.3) is 10.9 Å². The first kappa shape index (κ1) is 32.2. The molecule has 1 aliphatic heterocycles. The lowest BCUT2D eigenvalue weighted by Gasteiger charge is -2.44. The number of hydrogen-bond donors (Lipinski definition) is 1. The first-order chi connectivity index (χ1) is 22.6. The average Bonchev–Trinajstić information content (AvgIpc) is 3.36. The van der Waals surface area contributed by atoms with Gasteiger partial charge in [-0.25, -0.2) is 15.0 Å². The van der Waals surface area contributed by atoms with Gasteiger partial charge in [-0.2, -0.15) is 0 Å². The first-order valence-electron chi connectivity index (χ1n) is 15.8. The van der Waals surface area contributed by atoms with Gasteiger partial charge < -0.3 is 9.45 Å². The summed E-state index contributed by atoms with van der Waals surface area (Å²) in [5.41, 5.74) is 4.03. The Kier molecular flexibility index (Phi) is 8.82. The Morgan fingerprint density at radius 3 is 2.47 bits per heavy atom. The highest BCUT2D eigenvalue weighted by Gasteiger charge is 2.50. The van der Waals surface area contributed by atoms with E-state index < -0.39 is 11.4 Å². The molecular weight excluding hydrogens is 648 g/mol. The van der Waals surface area contributed by atoms with Gasteiger partial charge in [-0.15, -0.1) is 4.72 Å². The van der Waals surface area contributed by atoms with Gasteiger partial charge in [0.25, 0.3) is 5.56 Å². The van der Waals surface area contributed by atoms with Crippen LogP contribution in [0.3, 0.4) is 0 Å². The Balaban J connectivity index is 1.05. The zero-order chi connectivity index (χ0) is 32.8. The SMILES string of the molecule is CC(C)(C)[S+]([O-])N[C@@H]1c2ccccc2CC12CCN(c1cnc(Sc3ccc4ncn(Cc5ccccc5)c(=O)c4c3Cl)cn1)CC2. The minimum absolute atomic E-state index is 0.00563. The second-order valence-corrected chi connectivity index (χ2v) is 16.8. The van der Waals surface area contributed by atoms with Gasteiger partial charge in [-0.05, 0) is 68.9 Å². The summed E-state index contributed by atoms with van der Waals surface area (Å²) in [6, 6.07) is 22.1. The Hall–Kier alpha value is -3.41. The molecule has 0 amide bonds. The van der Waals surface area contributed by atoms with Gasteiger partial charge >= 0.3 is 0 Å². The maximum absolute atomic E-state index is 13.4. The molecule has 8 nitrogen and oxygen atoms in total. The van der Waals surface area contributed by atoms with Gasteiger partial charge in [0.05, 0.1) is 47.2 Å². The number of piperidine rings is 1. The van der Waals surface area contributed by atoms with Crippen LogP contribution in [0.15, 0.2) is 100 Å². The van der Waals surface area contributed by atoms with Crippen molar-refractivity contribution in [2.75, 3.05) is 18.0 Å². The monoisotopic (exact) mass is 684 g/mol. The Morgan fingerprint density at radius 2 is 1.74 bits per heavy atom. The van der Waals surface area contributed by atoms with E-state index in [1.54, 1.807) is 17.1 Å². The number of benzene rings is 3. The van der Waals surface area contributed by atoms with Crippen LogP contribution in [0.2, 0.25) is 5.02 Å². The third-order valence-corrected chi connectivity index (χ3v) is 12.4. The molecule has 1 spiro atoms. The molecule has 0 bridgehead atoms. The molecule has 2 atom stereocenters. The lowest BCUT2D eigenvalue weighted by molar-refractivity contribution is 0.176. The van der Waals surface area contributed by atoms with Crippen LogP contribution >= 0.6 is 23.4 Å². The second-order valence-electron chi connectivity index (χ2n) is 13.4. The van der Waals surface area contributed by atoms with Gasteiger partial charge in [0.15, 0.2) is 0 Å². The molecule has 0 radical (unpaired) electrons. The number of nitrogens with zero attached hydrogens (tertiary/aromatic N) is 5. The first-order valence-corrected chi connectivity index (χ1v) is 18.2. The fourth-order valence-electron chi connectivity index (χ4n) is 6.70. The van der Waals surface area contributed by atoms with E-state index in [1.165, 1.54) is 22.9 Å². The molecule has 1 N–H and O–H groups in total. The molecule has 242 valence electrons. The highest BCUT2D eigenvalue weighted by molar-refractivity contribution is 7.99. The molecule has 47 heavy (non-hydrogen) atoms. The number of aromatic nitrogens is 4. The lowest BCUT2D eigenvalue weighted by Crippen LogP contribution is -2.49. The molecular formula is C36H37ClN6O2S2. The van der Waals surface area contributed by atoms with Crippen LogP contribution in [0, 0.1) is 5.41 Å². The van der Waals surface area contributed by atoms with Crippen LogP contribution in [-0.4, -0.2) is 41.9 Å². The second kappa shape index (κ2) is 12.9. The predicted molar refractivity (Wildman–Crippen MR) is 191 cm³/mol. The quantitative estimate of drug-likeness (QED) is 0.184. The van der Waals surface area contributed by atoms with E-state index in [2.05, 4.69) is 38.9 Å². The third-order valence-electron chi connectivity index (χ3n) is 9.31. The average molecular weight is 685 g/mol. The van der Waals surface area contributed by atoms with E-state index in [4.69, 9.17) is 21.6 Å². The Labute approximate surface area is 287 Å². The smallest absolute Gasteiger partial charge is 0.263 e. The van der Waals surface area contributed by atoms with Crippen molar-refractivity contribution < 1.29 is 4.55 Å². The summed E-state index contributed by atoms with van der Waals surface area (Å²) < 4.78 is 18.0. The van der Waals surface area contributed by atoms with E-state index in [1.807, 2.05) is 69.4 Å². The van der Waals surface area contributed by atoms with E-state index in [9.17, 15) is 9.35 Å². The van der Waals surface area contributed by atoms with E-state index in [-0.39, 0.29) is 21.8 Å². The fraction of sp³-hybridized carbons (Fsp3) is 0.333. The number of nitrogens with one attached hydrogen (secondary N) is 1. The summed E-state index contributed by atoms with van der Waals surface area (Å²) in [6.07, 6.45) is 8.06. The summed E-state index contributed by atoms with van der Waals surface area (Å²) in [5.74, 6) is 0.833. The molecule has 1 unspecified atom stereocenters. The molecule has 11 heteroatoms. The van der Waals surface area contributed by atoms with Gasteiger partial charge in [0, 0.05) is 34.8 Å². The van der Waals surface area contributed by atoms with Crippen molar-refractivity contribution in [3.05, 3.63) is 118 Å². The van der Waals surface area contributed by atoms with E-state index >= 15 is 0 Å². The standard InChI is InChI=1S/C36H37ClN6O2S2/c1-35(2,3)47(45)41-33-26-12-8-7-11-25(26)19-36(33)15-17-42(18-16-36)29-20-39-30(21-38-29)46-28-14-13-27-31(32(28)37)34(44)43(23-40-27)22-24-9-5-4-6-10-24/h4-14,20-21,23,33,41H,15-19,22H2,1-3H3/t33-,47?/m1/s1. The molecule has 5 aromatic rings. The van der Waals surface area contributed by atoms with Crippen LogP contribution < -0.4 is 15.2 Å². The van der Waals surface area contributed by atoms with E-state index in [0.29, 0.717) is 27.5 Å². The summed E-state index contributed by atoms with van der Waals surface area (Å²) in [7, 11) is 0. The topological polar surface area (TPSA) is 99.0 Å². The van der Waals surface area contributed by atoms with Crippen LogP contribution in [0.1, 0.15) is 56.3 Å². The van der Waals surface area contributed by atoms with Crippen LogP contribution in [0.5, 0.6) is 0 Å². The molecule has 3 aromatic carbocycles. The van der Waals surface area contributed by atoms with Gasteiger partial charge in [0.2, 0.25) is 0 Å². The molecule has 7 rings (SSSR count). The minimum Gasteiger partial charge on any atom is -0.598 e. The predicted octanol–water partition coefficient (Wildman–Crippen LogP) is 6.98. The number of rotatable bonds is 7. The minimum atomic E-state index is -1.17. The third kappa shape index (κ3) is 6.41. The molecule has 3 heterocycles. The summed E-state index contributed by atoms with van der Waals surface area (Å²) >= 11 is 7.05. The maximum atomic E-state index is 13.4. The molecule has 1 aliphatic carbocycles. The summed E-state index contributed by atoms with van der Waals surface area (Å²) in [5, 5.41) is 1.46. The fourth-order valence-corrected chi connectivity index (χ4v) is 8.77. The Morgan fingerprint density at radius 1 is 1.00 bits per heavy atom. The molecule has 2 aliphatic rings. The number of halogens is 1. The van der Waals surface area contributed by atoms with Crippen molar-refractivity contribution in [1.82, 2.24) is 24.2 Å². The number of hydrogen-bond acceptors (Lipinski definition) is 8. The van der Waals surface area contributed by atoms with Gasteiger partial charge in [-0.1, -0.05) is 78.0 Å². The summed E-state index contributed by atoms with van der Waals surface area (Å²) in [4.78, 5) is 30.4. The summed E-state index contributed by atoms with van der Waals surface area (Å²) in [6.45, 7) is 8.15. The Bertz CT molecular complexity index is 1960. The highest BCUT2D eigenvalue weighted by Crippen LogP contribution is 2.53. The van der Waals surface area contributed by atoms with Crippen molar-refractivity contribution in [2.24, 2.45) is 5.41 Å². The number of fused-ring (bicyclic) bond motifs is 2. The van der Waals surface area contributed by atoms with E-state index in [0.717, 1.165) is 48.6 Å². The van der Waals surface area contributed by atoms with Crippen molar-refractivity contribution in [1.29, 1.82) is 0 Å². The van der Waals surface area contributed by atoms with Crippen molar-refractivity contribution >= 4 is 51.4 Å². The van der Waals surface area contributed by atoms with Crippen molar-refractivity contribution in [3.8, 4) is 0 Å². The van der Waals surface area contributed by atoms with Crippen LogP contribution in [-0.2, 0) is 24.3 Å². The number of anilines is 1. The van der Waals surface area contributed by atoms with Crippen molar-refractivity contribution in [3.63, 3.8) is 0 Å². The maximum Gasteiger partial charge on any atom is 0.263 e. The molecule has 0 saturated carbocycles. The molecule has 2 aromatic heterocycles.